The summed E-state index contributed by atoms with van der Waals surface area (Å²) in [5.41, 5.74) is 1.73. The number of ether oxygens (including phenoxy) is 2. The summed E-state index contributed by atoms with van der Waals surface area (Å²) in [5.74, 6) is 0.807. The lowest BCUT2D eigenvalue weighted by atomic mass is 9.95. The van der Waals surface area contributed by atoms with Gasteiger partial charge in [0.15, 0.2) is 5.60 Å². The molecule has 6 heteroatoms. The molecule has 0 unspecified atom stereocenters. The van der Waals surface area contributed by atoms with E-state index in [1.54, 1.807) is 13.8 Å². The predicted octanol–water partition coefficient (Wildman–Crippen LogP) is 6.18. The van der Waals surface area contributed by atoms with Crippen LogP contribution >= 0.6 is 0 Å². The van der Waals surface area contributed by atoms with E-state index in [1.807, 2.05) is 57.0 Å². The first-order valence-corrected chi connectivity index (χ1v) is 13.4. The molecule has 1 aliphatic heterocycles. The van der Waals surface area contributed by atoms with Crippen LogP contribution in [0.5, 0.6) is 5.75 Å². The SMILES string of the molecule is CC(C)c1ccc(CN(C)C(=O)[C@@H]2CCCN(c3cccc(OC(C)(C)C(=O)OC(C)(C)C)c3)C2)cc1. The van der Waals surface area contributed by atoms with Crippen molar-refractivity contribution < 1.29 is 19.1 Å². The first kappa shape index (κ1) is 28.5. The number of hydrogen-bond donors (Lipinski definition) is 0. The molecule has 3 rings (SSSR count). The maximum absolute atomic E-state index is 13.3. The highest BCUT2D eigenvalue weighted by Crippen LogP contribution is 2.30. The van der Waals surface area contributed by atoms with E-state index in [0.29, 0.717) is 24.8 Å². The summed E-state index contributed by atoms with van der Waals surface area (Å²) in [6, 6.07) is 16.3. The number of carbonyl (C=O) groups is 2. The first-order valence-electron chi connectivity index (χ1n) is 13.4. The van der Waals surface area contributed by atoms with E-state index >= 15 is 0 Å². The lowest BCUT2D eigenvalue weighted by Gasteiger charge is -2.36. The summed E-state index contributed by atoms with van der Waals surface area (Å²) >= 11 is 0. The van der Waals surface area contributed by atoms with Crippen LogP contribution < -0.4 is 9.64 Å². The van der Waals surface area contributed by atoms with Crippen molar-refractivity contribution in [2.45, 2.75) is 85.0 Å². The van der Waals surface area contributed by atoms with Gasteiger partial charge < -0.3 is 19.3 Å². The third-order valence-electron chi connectivity index (χ3n) is 6.66. The quantitative estimate of drug-likeness (QED) is 0.398. The molecule has 0 spiro atoms. The Bertz CT molecular complexity index is 1070. The number of benzene rings is 2. The molecule has 0 aliphatic carbocycles. The van der Waals surface area contributed by atoms with Gasteiger partial charge in [-0.25, -0.2) is 4.79 Å². The maximum atomic E-state index is 13.3. The van der Waals surface area contributed by atoms with Crippen molar-refractivity contribution in [1.82, 2.24) is 4.90 Å². The highest BCUT2D eigenvalue weighted by atomic mass is 16.6. The van der Waals surface area contributed by atoms with Crippen molar-refractivity contribution in [3.63, 3.8) is 0 Å². The zero-order valence-electron chi connectivity index (χ0n) is 23.8. The van der Waals surface area contributed by atoms with Gasteiger partial charge in [-0.2, -0.15) is 0 Å². The minimum Gasteiger partial charge on any atom is -0.476 e. The standard InChI is InChI=1S/C31H44N2O4/c1-22(2)24-16-14-23(15-17-24)20-32(8)28(34)25-11-10-18-33(21-25)26-12-9-13-27(19-26)36-31(6,7)29(35)37-30(3,4)5/h9,12-17,19,22,25H,10-11,18,20-21H2,1-8H3/t25-/m1/s1. The smallest absolute Gasteiger partial charge is 0.350 e. The number of carbonyl (C=O) groups excluding carboxylic acids is 2. The molecule has 202 valence electrons. The fourth-order valence-corrected chi connectivity index (χ4v) is 4.57. The molecule has 0 saturated carbocycles. The molecule has 6 nitrogen and oxygen atoms in total. The Morgan fingerprint density at radius 2 is 1.73 bits per heavy atom. The third kappa shape index (κ3) is 7.98. The molecule has 37 heavy (non-hydrogen) atoms. The number of anilines is 1. The summed E-state index contributed by atoms with van der Waals surface area (Å²) in [5, 5.41) is 0. The summed E-state index contributed by atoms with van der Waals surface area (Å²) in [4.78, 5) is 30.0. The second kappa shape index (κ2) is 11.6. The van der Waals surface area contributed by atoms with E-state index in [-0.39, 0.29) is 11.8 Å². The number of rotatable bonds is 8. The Morgan fingerprint density at radius 3 is 2.35 bits per heavy atom. The highest BCUT2D eigenvalue weighted by Gasteiger charge is 2.35. The molecule has 1 saturated heterocycles. The topological polar surface area (TPSA) is 59.1 Å². The van der Waals surface area contributed by atoms with Gasteiger partial charge in [-0.15, -0.1) is 0 Å². The van der Waals surface area contributed by atoms with E-state index in [1.165, 1.54) is 5.56 Å². The van der Waals surface area contributed by atoms with Gasteiger partial charge in [0.1, 0.15) is 11.4 Å². The molecule has 1 aliphatic rings. The number of esters is 1. The van der Waals surface area contributed by atoms with Gasteiger partial charge in [0.05, 0.1) is 5.92 Å². The molecule has 0 bridgehead atoms. The van der Waals surface area contributed by atoms with Crippen LogP contribution in [-0.2, 0) is 20.9 Å². The van der Waals surface area contributed by atoms with E-state index in [2.05, 4.69) is 43.0 Å². The number of nitrogens with zero attached hydrogens (tertiary/aromatic N) is 2. The molecular weight excluding hydrogens is 464 g/mol. The fourth-order valence-electron chi connectivity index (χ4n) is 4.57. The first-order chi connectivity index (χ1) is 17.2. The second-order valence-electron chi connectivity index (χ2n) is 12.0. The van der Waals surface area contributed by atoms with Crippen LogP contribution in [0.15, 0.2) is 48.5 Å². The molecule has 0 aromatic heterocycles. The zero-order chi connectivity index (χ0) is 27.4. The third-order valence-corrected chi connectivity index (χ3v) is 6.66. The molecule has 2 aromatic carbocycles. The molecular formula is C31H44N2O4. The van der Waals surface area contributed by atoms with Crippen LogP contribution in [-0.4, -0.2) is 48.1 Å². The van der Waals surface area contributed by atoms with Crippen LogP contribution in [0.25, 0.3) is 0 Å². The van der Waals surface area contributed by atoms with Crippen molar-refractivity contribution in [2.24, 2.45) is 5.92 Å². The lowest BCUT2D eigenvalue weighted by Crippen LogP contribution is -2.44. The highest BCUT2D eigenvalue weighted by molar-refractivity contribution is 5.80. The minimum absolute atomic E-state index is 0.0588. The number of hydrogen-bond acceptors (Lipinski definition) is 5. The molecule has 1 amide bonds. The Balaban J connectivity index is 1.64. The number of amides is 1. The zero-order valence-corrected chi connectivity index (χ0v) is 23.8. The Hall–Kier alpha value is -3.02. The summed E-state index contributed by atoms with van der Waals surface area (Å²) in [7, 11) is 1.89. The van der Waals surface area contributed by atoms with Crippen molar-refractivity contribution in [3.05, 3.63) is 59.7 Å². The van der Waals surface area contributed by atoms with Crippen molar-refractivity contribution in [2.75, 3.05) is 25.0 Å². The van der Waals surface area contributed by atoms with Crippen LogP contribution in [0.3, 0.4) is 0 Å². The average molecular weight is 509 g/mol. The maximum Gasteiger partial charge on any atom is 0.350 e. The van der Waals surface area contributed by atoms with Crippen molar-refractivity contribution in [3.8, 4) is 5.75 Å². The predicted molar refractivity (Wildman–Crippen MR) is 149 cm³/mol. The van der Waals surface area contributed by atoms with Crippen LogP contribution in [0, 0.1) is 5.92 Å². The van der Waals surface area contributed by atoms with Gasteiger partial charge in [-0.1, -0.05) is 44.2 Å². The molecule has 2 aromatic rings. The van der Waals surface area contributed by atoms with E-state index in [0.717, 1.165) is 30.6 Å². The van der Waals surface area contributed by atoms with Crippen molar-refractivity contribution in [1.29, 1.82) is 0 Å². The van der Waals surface area contributed by atoms with Gasteiger partial charge in [-0.05, 0) is 76.6 Å². The number of piperidine rings is 1. The van der Waals surface area contributed by atoms with E-state index in [9.17, 15) is 9.59 Å². The van der Waals surface area contributed by atoms with Gasteiger partial charge >= 0.3 is 5.97 Å². The Labute approximate surface area is 222 Å². The summed E-state index contributed by atoms with van der Waals surface area (Å²) in [6.45, 7) is 15.5. The Morgan fingerprint density at radius 1 is 1.05 bits per heavy atom. The Kier molecular flexibility index (Phi) is 8.93. The molecule has 0 radical (unpaired) electrons. The van der Waals surface area contributed by atoms with Gasteiger partial charge in [0, 0.05) is 38.4 Å². The lowest BCUT2D eigenvalue weighted by molar-refractivity contribution is -0.170. The molecule has 0 N–H and O–H groups in total. The summed E-state index contributed by atoms with van der Waals surface area (Å²) in [6.07, 6.45) is 1.83. The van der Waals surface area contributed by atoms with Gasteiger partial charge in [0.2, 0.25) is 5.91 Å². The van der Waals surface area contributed by atoms with Crippen LogP contribution in [0.4, 0.5) is 5.69 Å². The minimum atomic E-state index is -1.12. The largest absolute Gasteiger partial charge is 0.476 e. The second-order valence-corrected chi connectivity index (χ2v) is 12.0. The van der Waals surface area contributed by atoms with E-state index in [4.69, 9.17) is 9.47 Å². The summed E-state index contributed by atoms with van der Waals surface area (Å²) < 4.78 is 11.6. The fraction of sp³-hybridized carbons (Fsp3) is 0.548. The molecule has 1 atom stereocenters. The monoisotopic (exact) mass is 508 g/mol. The van der Waals surface area contributed by atoms with Gasteiger partial charge in [0.25, 0.3) is 0 Å². The average Bonchev–Trinajstić information content (AvgIpc) is 2.83. The van der Waals surface area contributed by atoms with Gasteiger partial charge in [-0.3, -0.25) is 4.79 Å². The van der Waals surface area contributed by atoms with Crippen molar-refractivity contribution >= 4 is 17.6 Å². The van der Waals surface area contributed by atoms with Crippen LogP contribution in [0.1, 0.15) is 78.4 Å². The van der Waals surface area contributed by atoms with Crippen LogP contribution in [0.2, 0.25) is 0 Å². The molecule has 1 fully saturated rings. The molecule has 1 heterocycles. The van der Waals surface area contributed by atoms with E-state index < -0.39 is 17.2 Å². The normalized spacial score (nSPS) is 16.5.